The fourth-order valence-corrected chi connectivity index (χ4v) is 3.50. The molecule has 1 heterocycles. The second kappa shape index (κ2) is 7.13. The number of nitrogens with zero attached hydrogens (tertiary/aromatic N) is 1. The van der Waals surface area contributed by atoms with E-state index < -0.39 is 0 Å². The van der Waals surface area contributed by atoms with Gasteiger partial charge in [0.1, 0.15) is 0 Å². The van der Waals surface area contributed by atoms with Crippen LogP contribution in [0.3, 0.4) is 0 Å². The lowest BCUT2D eigenvalue weighted by Crippen LogP contribution is -2.33. The molecule has 2 amide bonds. The molecule has 1 saturated heterocycles. The third kappa shape index (κ3) is 3.91. The lowest BCUT2D eigenvalue weighted by molar-refractivity contribution is -0.117. The summed E-state index contributed by atoms with van der Waals surface area (Å²) in [5.41, 5.74) is 1.47. The van der Waals surface area contributed by atoms with Gasteiger partial charge >= 0.3 is 0 Å². The number of amides is 2. The highest BCUT2D eigenvalue weighted by Crippen LogP contribution is 2.24. The van der Waals surface area contributed by atoms with Crippen LogP contribution >= 0.6 is 0 Å². The summed E-state index contributed by atoms with van der Waals surface area (Å²) in [6.07, 6.45) is 5.03. The first-order valence-electron chi connectivity index (χ1n) is 8.50. The molecule has 124 valence electrons. The Kier molecular flexibility index (Phi) is 4.96. The van der Waals surface area contributed by atoms with Gasteiger partial charge in [-0.15, -0.1) is 0 Å². The van der Waals surface area contributed by atoms with Gasteiger partial charge < -0.3 is 15.3 Å². The topological polar surface area (TPSA) is 69.6 Å². The molecule has 1 aliphatic heterocycles. The van der Waals surface area contributed by atoms with Crippen LogP contribution in [0.1, 0.15) is 48.9 Å². The average Bonchev–Trinajstić information content (AvgIpc) is 2.99. The van der Waals surface area contributed by atoms with Gasteiger partial charge in [-0.1, -0.05) is 6.42 Å². The van der Waals surface area contributed by atoms with Gasteiger partial charge in [-0.05, 0) is 55.9 Å². The number of hydrogen-bond acceptors (Lipinski definition) is 3. The van der Waals surface area contributed by atoms with Crippen LogP contribution in [0.15, 0.2) is 24.3 Å². The van der Waals surface area contributed by atoms with Crippen LogP contribution in [0.25, 0.3) is 0 Å². The number of anilines is 1. The van der Waals surface area contributed by atoms with E-state index in [1.165, 1.54) is 0 Å². The Balaban J connectivity index is 1.54. The van der Waals surface area contributed by atoms with Gasteiger partial charge in [-0.2, -0.15) is 0 Å². The van der Waals surface area contributed by atoms with E-state index >= 15 is 0 Å². The van der Waals surface area contributed by atoms with Crippen molar-refractivity contribution in [3.05, 3.63) is 29.8 Å². The highest BCUT2D eigenvalue weighted by molar-refractivity contribution is 5.97. The highest BCUT2D eigenvalue weighted by atomic mass is 16.3. The van der Waals surface area contributed by atoms with Gasteiger partial charge in [0.25, 0.3) is 5.91 Å². The maximum absolute atomic E-state index is 12.2. The Bertz CT molecular complexity index is 570. The quantitative estimate of drug-likeness (QED) is 0.893. The maximum Gasteiger partial charge on any atom is 0.251 e. The maximum atomic E-state index is 12.2. The molecule has 1 saturated carbocycles. The van der Waals surface area contributed by atoms with Gasteiger partial charge in [0.05, 0.1) is 6.10 Å². The summed E-state index contributed by atoms with van der Waals surface area (Å²) in [6.45, 7) is 1.37. The van der Waals surface area contributed by atoms with E-state index in [0.29, 0.717) is 24.4 Å². The zero-order valence-electron chi connectivity index (χ0n) is 13.3. The van der Waals surface area contributed by atoms with Crippen molar-refractivity contribution in [3.63, 3.8) is 0 Å². The normalized spacial score (nSPS) is 24.7. The molecule has 2 unspecified atom stereocenters. The minimum atomic E-state index is -0.220. The van der Waals surface area contributed by atoms with Gasteiger partial charge in [0, 0.05) is 30.8 Å². The summed E-state index contributed by atoms with van der Waals surface area (Å²) in [5.74, 6) is 0.423. The van der Waals surface area contributed by atoms with E-state index in [4.69, 9.17) is 0 Å². The molecule has 0 radical (unpaired) electrons. The summed E-state index contributed by atoms with van der Waals surface area (Å²) < 4.78 is 0. The minimum Gasteiger partial charge on any atom is -0.393 e. The Morgan fingerprint density at radius 1 is 1.22 bits per heavy atom. The number of carbonyl (C=O) groups excluding carboxylic acids is 2. The Hall–Kier alpha value is -1.88. The van der Waals surface area contributed by atoms with Crippen LogP contribution < -0.4 is 10.2 Å². The van der Waals surface area contributed by atoms with E-state index in [1.807, 2.05) is 12.1 Å². The standard InChI is InChI=1S/C18H24N2O3/c21-16-4-1-3-13(11-16)12-19-18(23)14-6-8-15(9-7-14)20-10-2-5-17(20)22/h6-9,13,16,21H,1-5,10-12H2,(H,19,23). The van der Waals surface area contributed by atoms with Gasteiger partial charge in [0.15, 0.2) is 0 Å². The third-order valence-corrected chi connectivity index (χ3v) is 4.82. The number of aliphatic hydroxyl groups excluding tert-OH is 1. The zero-order chi connectivity index (χ0) is 16.2. The van der Waals surface area contributed by atoms with E-state index in [9.17, 15) is 14.7 Å². The number of carbonyl (C=O) groups is 2. The minimum absolute atomic E-state index is 0.0932. The molecule has 0 spiro atoms. The van der Waals surface area contributed by atoms with Crippen LogP contribution in [0, 0.1) is 5.92 Å². The first-order chi connectivity index (χ1) is 11.1. The predicted octanol–water partition coefficient (Wildman–Crippen LogP) is 2.09. The summed E-state index contributed by atoms with van der Waals surface area (Å²) in [4.78, 5) is 25.7. The first kappa shape index (κ1) is 16.0. The lowest BCUT2D eigenvalue weighted by atomic mass is 9.87. The molecule has 23 heavy (non-hydrogen) atoms. The summed E-state index contributed by atoms with van der Waals surface area (Å²) >= 11 is 0. The number of nitrogens with one attached hydrogen (secondary N) is 1. The van der Waals surface area contributed by atoms with Crippen molar-refractivity contribution in [1.29, 1.82) is 0 Å². The molecule has 1 aliphatic carbocycles. The van der Waals surface area contributed by atoms with Crippen LogP contribution in [0.5, 0.6) is 0 Å². The predicted molar refractivity (Wildman–Crippen MR) is 88.3 cm³/mol. The molecule has 5 heteroatoms. The van der Waals surface area contributed by atoms with Gasteiger partial charge in [-0.3, -0.25) is 9.59 Å². The molecule has 5 nitrogen and oxygen atoms in total. The van der Waals surface area contributed by atoms with Crippen molar-refractivity contribution in [2.45, 2.75) is 44.6 Å². The fourth-order valence-electron chi connectivity index (χ4n) is 3.50. The monoisotopic (exact) mass is 316 g/mol. The van der Waals surface area contributed by atoms with Crippen molar-refractivity contribution < 1.29 is 14.7 Å². The Labute approximate surface area is 136 Å². The van der Waals surface area contributed by atoms with Crippen LogP contribution in [-0.2, 0) is 4.79 Å². The van der Waals surface area contributed by atoms with E-state index in [-0.39, 0.29) is 17.9 Å². The van der Waals surface area contributed by atoms with E-state index in [0.717, 1.165) is 44.3 Å². The second-order valence-electron chi connectivity index (χ2n) is 6.59. The Morgan fingerprint density at radius 3 is 2.65 bits per heavy atom. The lowest BCUT2D eigenvalue weighted by Gasteiger charge is -2.25. The fraction of sp³-hybridized carbons (Fsp3) is 0.556. The van der Waals surface area contributed by atoms with Gasteiger partial charge in [0.2, 0.25) is 5.91 Å². The van der Waals surface area contributed by atoms with Crippen molar-refractivity contribution in [3.8, 4) is 0 Å². The third-order valence-electron chi connectivity index (χ3n) is 4.82. The molecule has 2 atom stereocenters. The van der Waals surface area contributed by atoms with Crippen LogP contribution in [0.4, 0.5) is 5.69 Å². The SMILES string of the molecule is O=C(NCC1CCCC(O)C1)c1ccc(N2CCCC2=O)cc1. The largest absolute Gasteiger partial charge is 0.393 e. The van der Waals surface area contributed by atoms with Crippen molar-refractivity contribution in [1.82, 2.24) is 5.32 Å². The summed E-state index contributed by atoms with van der Waals surface area (Å²) in [6, 6.07) is 7.21. The molecule has 1 aromatic rings. The summed E-state index contributed by atoms with van der Waals surface area (Å²) in [5, 5.41) is 12.6. The Morgan fingerprint density at radius 2 is 2.00 bits per heavy atom. The zero-order valence-corrected chi connectivity index (χ0v) is 13.3. The smallest absolute Gasteiger partial charge is 0.251 e. The van der Waals surface area contributed by atoms with Crippen molar-refractivity contribution >= 4 is 17.5 Å². The van der Waals surface area contributed by atoms with E-state index in [1.54, 1.807) is 17.0 Å². The molecule has 0 aromatic heterocycles. The van der Waals surface area contributed by atoms with Crippen LogP contribution in [-0.4, -0.2) is 36.1 Å². The first-order valence-corrected chi connectivity index (χ1v) is 8.50. The average molecular weight is 316 g/mol. The molecule has 2 aliphatic rings. The number of rotatable bonds is 4. The molecule has 2 fully saturated rings. The molecule has 1 aromatic carbocycles. The van der Waals surface area contributed by atoms with Gasteiger partial charge in [-0.25, -0.2) is 0 Å². The number of benzene rings is 1. The number of aliphatic hydroxyl groups is 1. The second-order valence-corrected chi connectivity index (χ2v) is 6.59. The summed E-state index contributed by atoms with van der Waals surface area (Å²) in [7, 11) is 0. The molecular weight excluding hydrogens is 292 g/mol. The molecule has 3 rings (SSSR count). The highest BCUT2D eigenvalue weighted by Gasteiger charge is 2.22. The van der Waals surface area contributed by atoms with Crippen LogP contribution in [0.2, 0.25) is 0 Å². The van der Waals surface area contributed by atoms with Crippen molar-refractivity contribution in [2.75, 3.05) is 18.0 Å². The van der Waals surface area contributed by atoms with E-state index in [2.05, 4.69) is 5.32 Å². The molecular formula is C18H24N2O3. The van der Waals surface area contributed by atoms with Crippen molar-refractivity contribution in [2.24, 2.45) is 5.92 Å². The molecule has 2 N–H and O–H groups in total. The molecule has 0 bridgehead atoms. The number of hydrogen-bond donors (Lipinski definition) is 2.